The molecule has 1 heterocycles. The molecule has 146 valence electrons. The molecule has 3 rings (SSSR count). The van der Waals surface area contributed by atoms with Crippen LogP contribution in [0.3, 0.4) is 0 Å². The van der Waals surface area contributed by atoms with Gasteiger partial charge in [0, 0.05) is 7.05 Å². The molecule has 0 fully saturated rings. The maximum atomic E-state index is 12.2. The van der Waals surface area contributed by atoms with Gasteiger partial charge in [0.1, 0.15) is 18.1 Å². The molecule has 0 aliphatic heterocycles. The Morgan fingerprint density at radius 1 is 1.18 bits per heavy atom. The lowest BCUT2D eigenvalue weighted by molar-refractivity contribution is -0.113. The summed E-state index contributed by atoms with van der Waals surface area (Å²) >= 11 is 1.31. The van der Waals surface area contributed by atoms with Gasteiger partial charge in [0.05, 0.1) is 18.6 Å². The quantitative estimate of drug-likeness (QED) is 0.586. The molecule has 1 N–H and O–H groups in total. The van der Waals surface area contributed by atoms with Crippen molar-refractivity contribution in [1.82, 2.24) is 14.8 Å². The lowest BCUT2D eigenvalue weighted by Crippen LogP contribution is -2.15. The number of aromatic nitrogens is 3. The zero-order valence-corrected chi connectivity index (χ0v) is 16.8. The zero-order valence-electron chi connectivity index (χ0n) is 16.0. The van der Waals surface area contributed by atoms with E-state index < -0.39 is 0 Å². The van der Waals surface area contributed by atoms with E-state index in [0.717, 1.165) is 11.3 Å². The minimum absolute atomic E-state index is 0.143. The van der Waals surface area contributed by atoms with Crippen molar-refractivity contribution in [2.45, 2.75) is 18.7 Å². The summed E-state index contributed by atoms with van der Waals surface area (Å²) in [5, 5.41) is 11.8. The van der Waals surface area contributed by atoms with E-state index in [2.05, 4.69) is 15.5 Å². The maximum Gasteiger partial charge on any atom is 0.234 e. The third kappa shape index (κ3) is 5.04. The highest BCUT2D eigenvalue weighted by Gasteiger charge is 2.13. The van der Waals surface area contributed by atoms with Crippen LogP contribution in [0.4, 0.5) is 5.69 Å². The molecule has 3 aromatic rings. The summed E-state index contributed by atoms with van der Waals surface area (Å²) in [5.41, 5.74) is 1.77. The van der Waals surface area contributed by atoms with Gasteiger partial charge in [0.25, 0.3) is 0 Å². The van der Waals surface area contributed by atoms with Gasteiger partial charge in [-0.1, -0.05) is 36.0 Å². The Balaban J connectivity index is 1.54. The number of aryl methyl sites for hydroxylation is 1. The summed E-state index contributed by atoms with van der Waals surface area (Å²) in [6.07, 6.45) is 0. The highest BCUT2D eigenvalue weighted by Crippen LogP contribution is 2.24. The largest absolute Gasteiger partial charge is 0.495 e. The van der Waals surface area contributed by atoms with Gasteiger partial charge in [-0.15, -0.1) is 10.2 Å². The van der Waals surface area contributed by atoms with Crippen molar-refractivity contribution >= 4 is 23.4 Å². The molecular weight excluding hydrogens is 376 g/mol. The van der Waals surface area contributed by atoms with E-state index in [9.17, 15) is 4.79 Å². The SMILES string of the molecule is COc1ccccc1NC(=O)CSc1nnc(COc2cccc(C)c2)n1C. The number of benzene rings is 2. The van der Waals surface area contributed by atoms with Crippen molar-refractivity contribution in [2.24, 2.45) is 7.05 Å². The van der Waals surface area contributed by atoms with Crippen molar-refractivity contribution in [1.29, 1.82) is 0 Å². The van der Waals surface area contributed by atoms with Crippen LogP contribution in [-0.4, -0.2) is 33.5 Å². The fourth-order valence-corrected chi connectivity index (χ4v) is 3.24. The summed E-state index contributed by atoms with van der Waals surface area (Å²) < 4.78 is 12.8. The van der Waals surface area contributed by atoms with E-state index >= 15 is 0 Å². The fraction of sp³-hybridized carbons (Fsp3) is 0.250. The number of thioether (sulfide) groups is 1. The lowest BCUT2D eigenvalue weighted by atomic mass is 10.2. The monoisotopic (exact) mass is 398 g/mol. The number of carbonyl (C=O) groups excluding carboxylic acids is 1. The third-order valence-electron chi connectivity index (χ3n) is 4.00. The van der Waals surface area contributed by atoms with Crippen LogP contribution in [0.25, 0.3) is 0 Å². The van der Waals surface area contributed by atoms with Gasteiger partial charge in [-0.05, 0) is 36.8 Å². The van der Waals surface area contributed by atoms with Crippen LogP contribution in [0.5, 0.6) is 11.5 Å². The third-order valence-corrected chi connectivity index (χ3v) is 5.02. The summed E-state index contributed by atoms with van der Waals surface area (Å²) in [6, 6.07) is 15.1. The van der Waals surface area contributed by atoms with E-state index in [1.54, 1.807) is 19.2 Å². The Hall–Kier alpha value is -3.00. The number of hydrogen-bond donors (Lipinski definition) is 1. The molecule has 1 amide bonds. The van der Waals surface area contributed by atoms with Gasteiger partial charge in [0.15, 0.2) is 11.0 Å². The number of methoxy groups -OCH3 is 1. The molecule has 28 heavy (non-hydrogen) atoms. The number of anilines is 1. The number of para-hydroxylation sites is 2. The Morgan fingerprint density at radius 3 is 2.79 bits per heavy atom. The topological polar surface area (TPSA) is 78.3 Å². The smallest absolute Gasteiger partial charge is 0.234 e. The number of nitrogens with zero attached hydrogens (tertiary/aromatic N) is 3. The molecule has 0 saturated carbocycles. The maximum absolute atomic E-state index is 12.2. The second-order valence-corrected chi connectivity index (χ2v) is 7.04. The van der Waals surface area contributed by atoms with Crippen molar-refractivity contribution in [2.75, 3.05) is 18.2 Å². The zero-order chi connectivity index (χ0) is 19.9. The number of hydrogen-bond acceptors (Lipinski definition) is 6. The molecule has 0 spiro atoms. The molecule has 0 atom stereocenters. The first-order chi connectivity index (χ1) is 13.6. The molecule has 0 bridgehead atoms. The van der Waals surface area contributed by atoms with E-state index in [0.29, 0.717) is 29.0 Å². The van der Waals surface area contributed by atoms with Crippen LogP contribution >= 0.6 is 11.8 Å². The first kappa shape index (κ1) is 19.8. The van der Waals surface area contributed by atoms with Gasteiger partial charge in [-0.25, -0.2) is 0 Å². The van der Waals surface area contributed by atoms with Gasteiger partial charge in [-0.2, -0.15) is 0 Å². The molecule has 8 heteroatoms. The standard InChI is InChI=1S/C20H22N4O3S/c1-14-7-6-8-15(11-14)27-12-18-22-23-20(24(18)2)28-13-19(25)21-16-9-4-5-10-17(16)26-3/h4-11H,12-13H2,1-3H3,(H,21,25). The van der Waals surface area contributed by atoms with E-state index in [4.69, 9.17) is 9.47 Å². The first-order valence-corrected chi connectivity index (χ1v) is 9.69. The first-order valence-electron chi connectivity index (χ1n) is 8.70. The van der Waals surface area contributed by atoms with Gasteiger partial charge >= 0.3 is 0 Å². The van der Waals surface area contributed by atoms with Crippen molar-refractivity contribution in [3.63, 3.8) is 0 Å². The summed E-state index contributed by atoms with van der Waals surface area (Å²) in [5.74, 6) is 2.16. The van der Waals surface area contributed by atoms with Crippen LogP contribution < -0.4 is 14.8 Å². The molecule has 2 aromatic carbocycles. The van der Waals surface area contributed by atoms with Gasteiger partial charge in [-0.3, -0.25) is 4.79 Å². The molecule has 0 aliphatic rings. The van der Waals surface area contributed by atoms with Crippen molar-refractivity contribution < 1.29 is 14.3 Å². The van der Waals surface area contributed by atoms with E-state index in [-0.39, 0.29) is 11.7 Å². The van der Waals surface area contributed by atoms with E-state index in [1.165, 1.54) is 11.8 Å². The number of ether oxygens (including phenoxy) is 2. The Morgan fingerprint density at radius 2 is 2.00 bits per heavy atom. The fourth-order valence-electron chi connectivity index (χ4n) is 2.51. The average molecular weight is 398 g/mol. The van der Waals surface area contributed by atoms with Crippen LogP contribution in [0, 0.1) is 6.92 Å². The number of rotatable bonds is 8. The molecule has 1 aromatic heterocycles. The van der Waals surface area contributed by atoms with Crippen LogP contribution in [-0.2, 0) is 18.4 Å². The molecule has 0 radical (unpaired) electrons. The van der Waals surface area contributed by atoms with Crippen molar-refractivity contribution in [3.05, 3.63) is 59.9 Å². The van der Waals surface area contributed by atoms with Crippen molar-refractivity contribution in [3.8, 4) is 11.5 Å². The minimum Gasteiger partial charge on any atom is -0.495 e. The average Bonchev–Trinajstić information content (AvgIpc) is 3.05. The van der Waals surface area contributed by atoms with Crippen LogP contribution in [0.2, 0.25) is 0 Å². The summed E-state index contributed by atoms with van der Waals surface area (Å²) in [4.78, 5) is 12.2. The minimum atomic E-state index is -0.143. The Kier molecular flexibility index (Phi) is 6.54. The number of amides is 1. The summed E-state index contributed by atoms with van der Waals surface area (Å²) in [6.45, 7) is 2.32. The molecule has 0 aliphatic carbocycles. The second-order valence-electron chi connectivity index (χ2n) is 6.10. The number of carbonyl (C=O) groups is 1. The highest BCUT2D eigenvalue weighted by atomic mass is 32.2. The molecule has 0 saturated heterocycles. The van der Waals surface area contributed by atoms with Gasteiger partial charge in [0.2, 0.25) is 5.91 Å². The highest BCUT2D eigenvalue weighted by molar-refractivity contribution is 7.99. The molecule has 0 unspecified atom stereocenters. The van der Waals surface area contributed by atoms with Crippen LogP contribution in [0.1, 0.15) is 11.4 Å². The molecule has 7 nitrogen and oxygen atoms in total. The molecular formula is C20H22N4O3S. The predicted octanol–water partition coefficient (Wildman–Crippen LogP) is 3.44. The van der Waals surface area contributed by atoms with Crippen LogP contribution in [0.15, 0.2) is 53.7 Å². The summed E-state index contributed by atoms with van der Waals surface area (Å²) in [7, 11) is 3.43. The number of nitrogens with one attached hydrogen (secondary N) is 1. The van der Waals surface area contributed by atoms with Gasteiger partial charge < -0.3 is 19.4 Å². The predicted molar refractivity (Wildman–Crippen MR) is 109 cm³/mol. The second kappa shape index (κ2) is 9.27. The normalized spacial score (nSPS) is 10.5. The lowest BCUT2D eigenvalue weighted by Gasteiger charge is -2.09. The Labute approximate surface area is 168 Å². The Bertz CT molecular complexity index is 958. The van der Waals surface area contributed by atoms with E-state index in [1.807, 2.05) is 54.9 Å².